The highest BCUT2D eigenvalue weighted by molar-refractivity contribution is 5.96. The van der Waals surface area contributed by atoms with Gasteiger partial charge in [-0.2, -0.15) is 0 Å². The first-order valence-corrected chi connectivity index (χ1v) is 20.6. The molecule has 2 unspecified atom stereocenters. The number of aromatic nitrogens is 2. The van der Waals surface area contributed by atoms with Crippen molar-refractivity contribution in [2.75, 3.05) is 0 Å². The van der Waals surface area contributed by atoms with Crippen molar-refractivity contribution in [1.82, 2.24) is 9.55 Å². The first-order chi connectivity index (χ1) is 29.3. The third kappa shape index (κ3) is 4.12. The van der Waals surface area contributed by atoms with Gasteiger partial charge in [-0.3, -0.25) is 4.57 Å². The molecule has 0 saturated carbocycles. The Morgan fingerprint density at radius 1 is 0.339 bits per heavy atom. The van der Waals surface area contributed by atoms with Gasteiger partial charge in [-0.1, -0.05) is 188 Å². The minimum atomic E-state index is -0.493. The van der Waals surface area contributed by atoms with Gasteiger partial charge >= 0.3 is 0 Å². The molecule has 2 heteroatoms. The molecule has 1 spiro atoms. The zero-order valence-corrected chi connectivity index (χ0v) is 32.2. The van der Waals surface area contributed by atoms with E-state index in [2.05, 4.69) is 223 Å². The number of hydrogen-bond acceptors (Lipinski definition) is 1. The fourth-order valence-electron chi connectivity index (χ4n) is 11.3. The Kier molecular flexibility index (Phi) is 6.61. The number of benzene rings is 9. The minimum absolute atomic E-state index is 0.438. The molecule has 2 atom stereocenters. The van der Waals surface area contributed by atoms with Crippen molar-refractivity contribution in [1.29, 1.82) is 0 Å². The van der Waals surface area contributed by atoms with Crippen LogP contribution in [0.15, 0.2) is 218 Å². The Morgan fingerprint density at radius 3 is 1.63 bits per heavy atom. The average molecular weight is 749 g/mol. The number of imidazole rings is 1. The number of nitrogens with zero attached hydrogens (tertiary/aromatic N) is 2. The molecule has 3 aliphatic rings. The molecule has 0 fully saturated rings. The summed E-state index contributed by atoms with van der Waals surface area (Å²) in [7, 11) is 0. The van der Waals surface area contributed by atoms with Crippen LogP contribution in [-0.4, -0.2) is 9.55 Å². The number of para-hydroxylation sites is 3. The van der Waals surface area contributed by atoms with Gasteiger partial charge in [-0.15, -0.1) is 0 Å². The Morgan fingerprint density at radius 2 is 0.864 bits per heavy atom. The van der Waals surface area contributed by atoms with Gasteiger partial charge in [0.15, 0.2) is 0 Å². The molecule has 59 heavy (non-hydrogen) atoms. The molecule has 274 valence electrons. The molecule has 0 radical (unpaired) electrons. The SMILES string of the molecule is c1ccc(-n2c(-c3ccc(-c4ccc5c(c4)-c4ccccc4C54c5ccccc5C5(c6ccccc6)c6ccccc6-c6cccc4c65)cc3)nc3ccccc32)cc1. The maximum atomic E-state index is 5.14. The monoisotopic (exact) mass is 748 g/mol. The molecule has 9 aromatic carbocycles. The molecule has 0 aliphatic heterocycles. The second-order valence-corrected chi connectivity index (χ2v) is 16.2. The van der Waals surface area contributed by atoms with Crippen LogP contribution in [0, 0.1) is 0 Å². The maximum absolute atomic E-state index is 5.14. The highest BCUT2D eigenvalue weighted by atomic mass is 15.1. The van der Waals surface area contributed by atoms with Gasteiger partial charge in [-0.05, 0) is 108 Å². The van der Waals surface area contributed by atoms with Crippen LogP contribution in [0.3, 0.4) is 0 Å². The van der Waals surface area contributed by atoms with Crippen LogP contribution in [0.25, 0.3) is 61.5 Å². The lowest BCUT2D eigenvalue weighted by molar-refractivity contribution is 0.636. The average Bonchev–Trinajstić information content (AvgIpc) is 3.95. The number of fused-ring (bicyclic) bond motifs is 13. The van der Waals surface area contributed by atoms with Crippen LogP contribution in [-0.2, 0) is 10.8 Å². The molecule has 1 aromatic heterocycles. The lowest BCUT2D eigenvalue weighted by Gasteiger charge is -2.48. The summed E-state index contributed by atoms with van der Waals surface area (Å²) in [5.74, 6) is 0.939. The summed E-state index contributed by atoms with van der Waals surface area (Å²) < 4.78 is 2.27. The van der Waals surface area contributed by atoms with Gasteiger partial charge in [-0.25, -0.2) is 4.98 Å². The highest BCUT2D eigenvalue weighted by Gasteiger charge is 2.59. The van der Waals surface area contributed by atoms with Crippen molar-refractivity contribution in [3.63, 3.8) is 0 Å². The van der Waals surface area contributed by atoms with E-state index < -0.39 is 10.8 Å². The molecule has 2 nitrogen and oxygen atoms in total. The largest absolute Gasteiger partial charge is 0.292 e. The Hall–Kier alpha value is -7.55. The van der Waals surface area contributed by atoms with Gasteiger partial charge in [0.2, 0.25) is 0 Å². The first-order valence-electron chi connectivity index (χ1n) is 20.6. The third-order valence-electron chi connectivity index (χ3n) is 13.5. The fraction of sp³-hybridized carbons (Fsp3) is 0.0351. The van der Waals surface area contributed by atoms with Crippen molar-refractivity contribution >= 4 is 11.0 Å². The summed E-state index contributed by atoms with van der Waals surface area (Å²) in [6.45, 7) is 0. The maximum Gasteiger partial charge on any atom is 0.145 e. The Balaban J connectivity index is 1.02. The molecule has 0 bridgehead atoms. The Labute approximate surface area is 343 Å². The highest BCUT2D eigenvalue weighted by Crippen LogP contribution is 2.68. The summed E-state index contributed by atoms with van der Waals surface area (Å²) >= 11 is 0. The smallest absolute Gasteiger partial charge is 0.145 e. The molecule has 0 saturated heterocycles. The molecule has 10 aromatic rings. The van der Waals surface area contributed by atoms with E-state index in [0.29, 0.717) is 0 Å². The van der Waals surface area contributed by atoms with Gasteiger partial charge in [0, 0.05) is 11.3 Å². The van der Waals surface area contributed by atoms with E-state index in [1.54, 1.807) is 0 Å². The van der Waals surface area contributed by atoms with E-state index in [4.69, 9.17) is 4.98 Å². The van der Waals surface area contributed by atoms with E-state index in [-0.39, 0.29) is 0 Å². The van der Waals surface area contributed by atoms with Crippen molar-refractivity contribution in [2.45, 2.75) is 10.8 Å². The minimum Gasteiger partial charge on any atom is -0.292 e. The summed E-state index contributed by atoms with van der Waals surface area (Å²) in [5, 5.41) is 0. The Bertz CT molecular complexity index is 3320. The predicted molar refractivity (Wildman–Crippen MR) is 240 cm³/mol. The van der Waals surface area contributed by atoms with E-state index in [0.717, 1.165) is 28.1 Å². The van der Waals surface area contributed by atoms with E-state index >= 15 is 0 Å². The zero-order chi connectivity index (χ0) is 38.7. The second-order valence-electron chi connectivity index (χ2n) is 16.2. The summed E-state index contributed by atoms with van der Waals surface area (Å²) in [6.07, 6.45) is 0. The fourth-order valence-corrected chi connectivity index (χ4v) is 11.3. The lowest BCUT2D eigenvalue weighted by atomic mass is 9.52. The van der Waals surface area contributed by atoms with Gasteiger partial charge in [0.25, 0.3) is 0 Å². The topological polar surface area (TPSA) is 17.8 Å². The zero-order valence-electron chi connectivity index (χ0n) is 32.2. The van der Waals surface area contributed by atoms with Gasteiger partial charge < -0.3 is 0 Å². The van der Waals surface area contributed by atoms with E-state index in [9.17, 15) is 0 Å². The summed E-state index contributed by atoms with van der Waals surface area (Å²) in [5.41, 5.74) is 21.8. The summed E-state index contributed by atoms with van der Waals surface area (Å²) in [6, 6.07) is 81.0. The van der Waals surface area contributed by atoms with Crippen LogP contribution in [0.5, 0.6) is 0 Å². The van der Waals surface area contributed by atoms with Gasteiger partial charge in [0.05, 0.1) is 21.9 Å². The molecule has 3 aliphatic carbocycles. The number of rotatable bonds is 4. The van der Waals surface area contributed by atoms with Crippen LogP contribution in [0.2, 0.25) is 0 Å². The lowest BCUT2D eigenvalue weighted by Crippen LogP contribution is -2.43. The second kappa shape index (κ2) is 12.0. The predicted octanol–water partition coefficient (Wildman–Crippen LogP) is 13.4. The molecule has 1 heterocycles. The summed E-state index contributed by atoms with van der Waals surface area (Å²) in [4.78, 5) is 5.14. The third-order valence-corrected chi connectivity index (χ3v) is 13.5. The van der Waals surface area contributed by atoms with Crippen molar-refractivity contribution < 1.29 is 0 Å². The number of hydrogen-bond donors (Lipinski definition) is 0. The standard InChI is InChI=1S/C57H36N2/c1-3-16-40(17-4-1)56-46-23-9-7-20-42(46)44-22-15-27-51(54(44)56)57(50-26-12-11-25-49(50)56)47-24-10-8-21-43(47)45-36-39(34-35-48(45)57)37-30-32-38(33-31-37)55-58-52-28-13-14-29-53(52)59(55)41-18-5-2-6-19-41/h1-36H. The van der Waals surface area contributed by atoms with E-state index in [1.165, 1.54) is 77.9 Å². The quantitative estimate of drug-likeness (QED) is 0.175. The van der Waals surface area contributed by atoms with Crippen LogP contribution in [0.1, 0.15) is 44.5 Å². The normalized spacial score (nSPS) is 17.6. The van der Waals surface area contributed by atoms with Crippen LogP contribution < -0.4 is 0 Å². The van der Waals surface area contributed by atoms with Crippen molar-refractivity contribution in [3.8, 4) is 50.5 Å². The van der Waals surface area contributed by atoms with Crippen molar-refractivity contribution in [3.05, 3.63) is 263 Å². The van der Waals surface area contributed by atoms with Crippen LogP contribution >= 0.6 is 0 Å². The van der Waals surface area contributed by atoms with Gasteiger partial charge in [0.1, 0.15) is 5.82 Å². The van der Waals surface area contributed by atoms with Crippen LogP contribution in [0.4, 0.5) is 0 Å². The first kappa shape index (κ1) is 32.5. The molecule has 0 N–H and O–H groups in total. The molecular weight excluding hydrogens is 713 g/mol. The molecule has 0 amide bonds. The van der Waals surface area contributed by atoms with Crippen molar-refractivity contribution in [2.24, 2.45) is 0 Å². The molecule has 13 rings (SSSR count). The van der Waals surface area contributed by atoms with E-state index in [1.807, 2.05) is 0 Å². The molecular formula is C57H36N2.